The van der Waals surface area contributed by atoms with Crippen molar-refractivity contribution in [1.29, 1.82) is 0 Å². The van der Waals surface area contributed by atoms with Crippen LogP contribution in [0.3, 0.4) is 0 Å². The molecule has 116 valence electrons. The third kappa shape index (κ3) is 2.32. The van der Waals surface area contributed by atoms with Gasteiger partial charge in [0.25, 0.3) is 11.8 Å². The highest BCUT2D eigenvalue weighted by Gasteiger charge is 2.36. The molecule has 1 aromatic carbocycles. The van der Waals surface area contributed by atoms with Crippen molar-refractivity contribution < 1.29 is 9.59 Å². The van der Waals surface area contributed by atoms with Gasteiger partial charge in [-0.25, -0.2) is 0 Å². The maximum Gasteiger partial charge on any atom is 0.274 e. The molecular formula is C17H16N4O2. The number of benzene rings is 1. The van der Waals surface area contributed by atoms with E-state index in [0.29, 0.717) is 37.3 Å². The molecule has 2 amide bonds. The summed E-state index contributed by atoms with van der Waals surface area (Å²) < 4.78 is 0. The number of nitrogens with zero attached hydrogens (tertiary/aromatic N) is 3. The van der Waals surface area contributed by atoms with Crippen LogP contribution in [0.25, 0.3) is 0 Å². The van der Waals surface area contributed by atoms with E-state index in [1.165, 1.54) is 6.34 Å². The first kappa shape index (κ1) is 13.8. The van der Waals surface area contributed by atoms with Gasteiger partial charge in [0.2, 0.25) is 0 Å². The average Bonchev–Trinajstić information content (AvgIpc) is 2.58. The van der Waals surface area contributed by atoms with Crippen molar-refractivity contribution >= 4 is 18.2 Å². The van der Waals surface area contributed by atoms with Crippen LogP contribution in [-0.2, 0) is 16.1 Å². The van der Waals surface area contributed by atoms with Crippen molar-refractivity contribution in [3.63, 3.8) is 0 Å². The standard InChI is InChI=1S/C17H16N4O2/c22-16-15-13-6-8-20(10-12-4-2-1-3-5-12)17(23)14(13)7-9-21(15)19-11-18-16/h1-5,7,11H,6,8-10H2,(H,18,19,22). The summed E-state index contributed by atoms with van der Waals surface area (Å²) in [6.07, 6.45) is 3.92. The van der Waals surface area contributed by atoms with Crippen LogP contribution in [0, 0.1) is 0 Å². The van der Waals surface area contributed by atoms with Crippen LogP contribution in [0.5, 0.6) is 0 Å². The fourth-order valence-corrected chi connectivity index (χ4v) is 3.20. The lowest BCUT2D eigenvalue weighted by Gasteiger charge is -2.36. The number of fused-ring (bicyclic) bond motifs is 2. The van der Waals surface area contributed by atoms with E-state index in [9.17, 15) is 9.59 Å². The zero-order valence-electron chi connectivity index (χ0n) is 12.5. The normalized spacial score (nSPS) is 20.1. The molecule has 3 aliphatic rings. The maximum absolute atomic E-state index is 12.8. The zero-order chi connectivity index (χ0) is 15.8. The van der Waals surface area contributed by atoms with E-state index in [1.807, 2.05) is 41.3 Å². The lowest BCUT2D eigenvalue weighted by molar-refractivity contribution is -0.128. The van der Waals surface area contributed by atoms with Gasteiger partial charge in [-0.2, -0.15) is 5.10 Å². The molecule has 3 aliphatic heterocycles. The number of nitrogens with one attached hydrogen (secondary N) is 1. The molecule has 0 unspecified atom stereocenters. The molecule has 0 radical (unpaired) electrons. The molecule has 0 bridgehead atoms. The molecule has 0 aromatic heterocycles. The quantitative estimate of drug-likeness (QED) is 0.886. The number of amides is 2. The van der Waals surface area contributed by atoms with Gasteiger partial charge in [-0.3, -0.25) is 14.6 Å². The van der Waals surface area contributed by atoms with E-state index >= 15 is 0 Å². The lowest BCUT2D eigenvalue weighted by atomic mass is 9.91. The molecule has 1 saturated heterocycles. The van der Waals surface area contributed by atoms with Crippen molar-refractivity contribution in [2.45, 2.75) is 13.0 Å². The van der Waals surface area contributed by atoms with E-state index in [4.69, 9.17) is 0 Å². The van der Waals surface area contributed by atoms with Gasteiger partial charge in [-0.15, -0.1) is 0 Å². The minimum absolute atomic E-state index is 0.00962. The second-order valence-corrected chi connectivity index (χ2v) is 5.71. The Balaban J connectivity index is 1.62. The van der Waals surface area contributed by atoms with E-state index in [0.717, 1.165) is 11.1 Å². The summed E-state index contributed by atoms with van der Waals surface area (Å²) in [5.74, 6) is -0.200. The first-order valence-corrected chi connectivity index (χ1v) is 7.62. The Morgan fingerprint density at radius 1 is 1.17 bits per heavy atom. The monoisotopic (exact) mass is 308 g/mol. The Morgan fingerprint density at radius 2 is 2.00 bits per heavy atom. The zero-order valence-corrected chi connectivity index (χ0v) is 12.5. The van der Waals surface area contributed by atoms with Crippen LogP contribution in [0.1, 0.15) is 12.0 Å². The number of likely N-dealkylation sites (tertiary alicyclic amines) is 1. The SMILES string of the molecule is O=C1NC=NN2CC=C3C(=O)N(Cc4ccccc4)CCC3=C12. The van der Waals surface area contributed by atoms with Gasteiger partial charge >= 0.3 is 0 Å². The molecular weight excluding hydrogens is 292 g/mol. The maximum atomic E-state index is 12.8. The van der Waals surface area contributed by atoms with Gasteiger partial charge in [0.05, 0.1) is 6.54 Å². The number of hydrazone groups is 1. The third-order valence-corrected chi connectivity index (χ3v) is 4.31. The number of hydrogen-bond acceptors (Lipinski definition) is 4. The topological polar surface area (TPSA) is 65.0 Å². The molecule has 0 spiro atoms. The molecule has 1 fully saturated rings. The van der Waals surface area contributed by atoms with Gasteiger partial charge in [-0.05, 0) is 23.6 Å². The van der Waals surface area contributed by atoms with Gasteiger partial charge in [0.15, 0.2) is 0 Å². The third-order valence-electron chi connectivity index (χ3n) is 4.31. The molecule has 6 nitrogen and oxygen atoms in total. The van der Waals surface area contributed by atoms with Crippen molar-refractivity contribution in [3.8, 4) is 0 Å². The Bertz CT molecular complexity index is 764. The van der Waals surface area contributed by atoms with Crippen LogP contribution in [-0.4, -0.2) is 41.2 Å². The average molecular weight is 308 g/mol. The summed E-state index contributed by atoms with van der Waals surface area (Å²) in [7, 11) is 0. The molecule has 4 rings (SSSR count). The highest BCUT2D eigenvalue weighted by Crippen LogP contribution is 2.32. The Morgan fingerprint density at radius 3 is 2.83 bits per heavy atom. The van der Waals surface area contributed by atoms with E-state index in [1.54, 1.807) is 5.01 Å². The number of carbonyl (C=O) groups excluding carboxylic acids is 2. The molecule has 0 atom stereocenters. The van der Waals surface area contributed by atoms with Crippen LogP contribution in [0.15, 0.2) is 58.4 Å². The summed E-state index contributed by atoms with van der Waals surface area (Å²) in [6.45, 7) is 1.64. The smallest absolute Gasteiger partial charge is 0.274 e. The van der Waals surface area contributed by atoms with E-state index in [-0.39, 0.29) is 11.8 Å². The molecule has 1 N–H and O–H groups in total. The predicted molar refractivity (Wildman–Crippen MR) is 84.9 cm³/mol. The summed E-state index contributed by atoms with van der Waals surface area (Å²) >= 11 is 0. The van der Waals surface area contributed by atoms with E-state index < -0.39 is 0 Å². The number of carbonyl (C=O) groups is 2. The molecule has 3 heterocycles. The number of rotatable bonds is 2. The molecule has 6 heteroatoms. The summed E-state index contributed by atoms with van der Waals surface area (Å²) in [4.78, 5) is 26.7. The fourth-order valence-electron chi connectivity index (χ4n) is 3.20. The molecule has 23 heavy (non-hydrogen) atoms. The molecule has 0 aliphatic carbocycles. The van der Waals surface area contributed by atoms with Crippen molar-refractivity contribution in [2.24, 2.45) is 5.10 Å². The van der Waals surface area contributed by atoms with Crippen LogP contribution in [0.4, 0.5) is 0 Å². The van der Waals surface area contributed by atoms with Crippen LogP contribution >= 0.6 is 0 Å². The largest absolute Gasteiger partial charge is 0.334 e. The first-order valence-electron chi connectivity index (χ1n) is 7.62. The van der Waals surface area contributed by atoms with Gasteiger partial charge < -0.3 is 10.2 Å². The van der Waals surface area contributed by atoms with Gasteiger partial charge in [0.1, 0.15) is 12.0 Å². The summed E-state index contributed by atoms with van der Waals surface area (Å²) in [6, 6.07) is 9.94. The van der Waals surface area contributed by atoms with Gasteiger partial charge in [-0.1, -0.05) is 30.3 Å². The highest BCUT2D eigenvalue weighted by atomic mass is 16.2. The first-order chi connectivity index (χ1) is 11.2. The Labute approximate surface area is 133 Å². The predicted octanol–water partition coefficient (Wildman–Crippen LogP) is 0.988. The van der Waals surface area contributed by atoms with Crippen molar-refractivity contribution in [1.82, 2.24) is 15.2 Å². The second-order valence-electron chi connectivity index (χ2n) is 5.71. The van der Waals surface area contributed by atoms with Crippen LogP contribution in [0.2, 0.25) is 0 Å². The second kappa shape index (κ2) is 5.39. The fraction of sp³-hybridized carbons (Fsp3) is 0.235. The lowest BCUT2D eigenvalue weighted by Crippen LogP contribution is -2.45. The summed E-state index contributed by atoms with van der Waals surface area (Å²) in [5, 5.41) is 8.40. The highest BCUT2D eigenvalue weighted by molar-refractivity contribution is 6.07. The number of piperidine rings is 1. The number of hydrogen-bond donors (Lipinski definition) is 1. The summed E-state index contributed by atoms with van der Waals surface area (Å²) in [5.41, 5.74) is 3.07. The Hall–Kier alpha value is -2.89. The van der Waals surface area contributed by atoms with Gasteiger partial charge in [0, 0.05) is 18.7 Å². The Kier molecular flexibility index (Phi) is 3.22. The van der Waals surface area contributed by atoms with Crippen molar-refractivity contribution in [3.05, 3.63) is 58.8 Å². The minimum atomic E-state index is -0.190. The van der Waals surface area contributed by atoms with Crippen molar-refractivity contribution in [2.75, 3.05) is 13.1 Å². The van der Waals surface area contributed by atoms with E-state index in [2.05, 4.69) is 10.4 Å². The molecule has 0 saturated carbocycles. The van der Waals surface area contributed by atoms with Crippen LogP contribution < -0.4 is 5.32 Å². The molecule has 1 aromatic rings. The minimum Gasteiger partial charge on any atom is -0.334 e.